The summed E-state index contributed by atoms with van der Waals surface area (Å²) >= 11 is 5.92. The van der Waals surface area contributed by atoms with Gasteiger partial charge in [0.15, 0.2) is 5.69 Å². The molecule has 0 spiro atoms. The molecule has 3 aromatic heterocycles. The van der Waals surface area contributed by atoms with Crippen molar-refractivity contribution in [3.63, 3.8) is 0 Å². The van der Waals surface area contributed by atoms with Crippen LogP contribution in [-0.4, -0.2) is 25.4 Å². The van der Waals surface area contributed by atoms with E-state index in [0.717, 1.165) is 16.3 Å². The van der Waals surface area contributed by atoms with Crippen molar-refractivity contribution in [3.8, 4) is 11.3 Å². The van der Waals surface area contributed by atoms with Crippen molar-refractivity contribution in [2.24, 2.45) is 0 Å². The van der Waals surface area contributed by atoms with E-state index in [-0.39, 0.29) is 16.3 Å². The van der Waals surface area contributed by atoms with Crippen molar-refractivity contribution < 1.29 is 17.6 Å². The molecule has 0 radical (unpaired) electrons. The first-order valence-corrected chi connectivity index (χ1v) is 9.50. The van der Waals surface area contributed by atoms with E-state index in [1.54, 1.807) is 30.5 Å². The third-order valence-corrected chi connectivity index (χ3v) is 5.33. The summed E-state index contributed by atoms with van der Waals surface area (Å²) in [5.41, 5.74) is 1.60. The van der Waals surface area contributed by atoms with Gasteiger partial charge in [0.25, 0.3) is 0 Å². The summed E-state index contributed by atoms with van der Waals surface area (Å²) in [7, 11) is 0. The average molecular weight is 446 g/mol. The summed E-state index contributed by atoms with van der Waals surface area (Å²) in [6, 6.07) is 9.41. The number of H-pyrrole nitrogens is 2. The number of benzene rings is 2. The predicted octanol–water partition coefficient (Wildman–Crippen LogP) is 5.90. The zero-order valence-electron chi connectivity index (χ0n) is 15.6. The molecule has 31 heavy (non-hydrogen) atoms. The van der Waals surface area contributed by atoms with Gasteiger partial charge in [-0.25, -0.2) is 9.37 Å². The Morgan fingerprint density at radius 1 is 1.06 bits per heavy atom. The topological polar surface area (TPSA) is 70.2 Å². The minimum atomic E-state index is -4.63. The number of halogens is 5. The summed E-state index contributed by atoms with van der Waals surface area (Å²) in [4.78, 5) is 4.47. The highest BCUT2D eigenvalue weighted by Crippen LogP contribution is 2.37. The Balaban J connectivity index is 1.76. The molecule has 156 valence electrons. The first-order chi connectivity index (χ1) is 14.8. The van der Waals surface area contributed by atoms with Gasteiger partial charge in [-0.1, -0.05) is 17.7 Å². The lowest BCUT2D eigenvalue weighted by Gasteiger charge is -2.12. The molecule has 0 fully saturated rings. The highest BCUT2D eigenvalue weighted by molar-refractivity contribution is 6.30. The van der Waals surface area contributed by atoms with Crippen LogP contribution in [0, 0.1) is 5.82 Å². The lowest BCUT2D eigenvalue weighted by Crippen LogP contribution is -2.08. The number of aromatic nitrogens is 5. The maximum absolute atomic E-state index is 13.6. The molecular weight excluding hydrogens is 434 g/mol. The third kappa shape index (κ3) is 3.40. The first kappa shape index (κ1) is 19.5. The molecule has 0 aliphatic carbocycles. The van der Waals surface area contributed by atoms with E-state index < -0.39 is 17.7 Å². The van der Waals surface area contributed by atoms with Crippen LogP contribution in [-0.2, 0) is 12.6 Å². The standard InChI is InChI=1S/C21H12ClF4N5/c22-14-6-10(1-2-15(14)23)5-11-7-18(13-9-28-31-20(13)21(24,25)26)29-17-4-3-16-12(19(11)17)8-27-30-16/h1-4,6-9H,5H2,(H,27,30)(H,28,31). The number of aromatic amines is 2. The van der Waals surface area contributed by atoms with Crippen LogP contribution in [0.2, 0.25) is 5.02 Å². The van der Waals surface area contributed by atoms with Gasteiger partial charge in [0, 0.05) is 17.0 Å². The molecule has 5 rings (SSSR count). The van der Waals surface area contributed by atoms with E-state index in [9.17, 15) is 17.6 Å². The Bertz CT molecular complexity index is 1440. The zero-order chi connectivity index (χ0) is 21.8. The molecule has 2 N–H and O–H groups in total. The zero-order valence-corrected chi connectivity index (χ0v) is 16.3. The largest absolute Gasteiger partial charge is 0.435 e. The number of pyridine rings is 1. The number of hydrogen-bond acceptors (Lipinski definition) is 3. The highest BCUT2D eigenvalue weighted by atomic mass is 35.5. The van der Waals surface area contributed by atoms with Crippen LogP contribution in [0.15, 0.2) is 48.8 Å². The maximum atomic E-state index is 13.6. The van der Waals surface area contributed by atoms with Crippen molar-refractivity contribution >= 4 is 33.4 Å². The number of hydrogen-bond donors (Lipinski definition) is 2. The van der Waals surface area contributed by atoms with Crippen molar-refractivity contribution in [1.29, 1.82) is 0 Å². The van der Waals surface area contributed by atoms with Gasteiger partial charge < -0.3 is 0 Å². The normalized spacial score (nSPS) is 12.2. The minimum Gasteiger partial charge on any atom is -0.284 e. The molecular formula is C21H12ClF4N5. The molecule has 0 aliphatic rings. The number of alkyl halides is 3. The second-order valence-corrected chi connectivity index (χ2v) is 7.44. The van der Waals surface area contributed by atoms with Crippen molar-refractivity contribution in [3.05, 3.63) is 76.5 Å². The van der Waals surface area contributed by atoms with Crippen molar-refractivity contribution in [2.75, 3.05) is 0 Å². The molecule has 0 unspecified atom stereocenters. The maximum Gasteiger partial charge on any atom is 0.435 e. The molecule has 0 atom stereocenters. The summed E-state index contributed by atoms with van der Waals surface area (Å²) in [6.45, 7) is 0. The monoisotopic (exact) mass is 445 g/mol. The van der Waals surface area contributed by atoms with E-state index >= 15 is 0 Å². The Kier molecular flexibility index (Phi) is 4.44. The van der Waals surface area contributed by atoms with Crippen LogP contribution in [0.1, 0.15) is 16.8 Å². The number of nitrogens with one attached hydrogen (secondary N) is 2. The molecule has 0 amide bonds. The van der Waals surface area contributed by atoms with Gasteiger partial charge in [-0.3, -0.25) is 10.2 Å². The van der Waals surface area contributed by atoms with E-state index in [4.69, 9.17) is 11.6 Å². The molecule has 0 aliphatic heterocycles. The minimum absolute atomic E-state index is 0.0289. The molecule has 0 saturated heterocycles. The van der Waals surface area contributed by atoms with Crippen LogP contribution in [0.5, 0.6) is 0 Å². The second kappa shape index (κ2) is 7.05. The van der Waals surface area contributed by atoms with E-state index in [1.165, 1.54) is 18.3 Å². The average Bonchev–Trinajstić information content (AvgIpc) is 3.39. The SMILES string of the molecule is Fc1ccc(Cc2cc(-c3c[nH]nc3C(F)(F)F)nc3ccc4[nH]ncc4c23)cc1Cl. The van der Waals surface area contributed by atoms with Gasteiger partial charge in [-0.15, -0.1) is 0 Å². The number of rotatable bonds is 3. The molecule has 2 aromatic carbocycles. The lowest BCUT2D eigenvalue weighted by molar-refractivity contribution is -0.140. The number of fused-ring (bicyclic) bond motifs is 3. The summed E-state index contributed by atoms with van der Waals surface area (Å²) in [6.07, 6.45) is -1.52. The summed E-state index contributed by atoms with van der Waals surface area (Å²) in [5, 5.41) is 14.1. The van der Waals surface area contributed by atoms with E-state index in [2.05, 4.69) is 25.4 Å². The fourth-order valence-electron chi connectivity index (χ4n) is 3.68. The first-order valence-electron chi connectivity index (χ1n) is 9.12. The molecule has 5 nitrogen and oxygen atoms in total. The van der Waals surface area contributed by atoms with Gasteiger partial charge in [0.1, 0.15) is 5.82 Å². The van der Waals surface area contributed by atoms with Crippen molar-refractivity contribution in [2.45, 2.75) is 12.6 Å². The molecule has 0 saturated carbocycles. The Morgan fingerprint density at radius 3 is 2.68 bits per heavy atom. The quantitative estimate of drug-likeness (QED) is 0.339. The lowest BCUT2D eigenvalue weighted by atomic mass is 9.96. The third-order valence-electron chi connectivity index (χ3n) is 5.04. The highest BCUT2D eigenvalue weighted by Gasteiger charge is 2.37. The van der Waals surface area contributed by atoms with Gasteiger partial charge in [0.2, 0.25) is 0 Å². The summed E-state index contributed by atoms with van der Waals surface area (Å²) < 4.78 is 53.8. The van der Waals surface area contributed by atoms with Gasteiger partial charge in [-0.2, -0.15) is 23.4 Å². The van der Waals surface area contributed by atoms with Crippen LogP contribution in [0.25, 0.3) is 33.1 Å². The fourth-order valence-corrected chi connectivity index (χ4v) is 3.89. The molecule has 10 heteroatoms. The summed E-state index contributed by atoms with van der Waals surface area (Å²) in [5.74, 6) is -0.545. The molecule has 3 heterocycles. The Labute approximate surface area is 177 Å². The van der Waals surface area contributed by atoms with Gasteiger partial charge in [0.05, 0.1) is 33.5 Å². The molecule has 5 aromatic rings. The predicted molar refractivity (Wildman–Crippen MR) is 108 cm³/mol. The van der Waals surface area contributed by atoms with E-state index in [1.807, 2.05) is 0 Å². The van der Waals surface area contributed by atoms with Crippen LogP contribution >= 0.6 is 11.6 Å². The van der Waals surface area contributed by atoms with Gasteiger partial charge >= 0.3 is 6.18 Å². The van der Waals surface area contributed by atoms with Gasteiger partial charge in [-0.05, 0) is 47.9 Å². The van der Waals surface area contributed by atoms with E-state index in [0.29, 0.717) is 23.1 Å². The second-order valence-electron chi connectivity index (χ2n) is 7.03. The Hall–Kier alpha value is -3.46. The number of nitrogens with zero attached hydrogens (tertiary/aromatic N) is 3. The van der Waals surface area contributed by atoms with Crippen LogP contribution in [0.3, 0.4) is 0 Å². The van der Waals surface area contributed by atoms with Crippen LogP contribution in [0.4, 0.5) is 17.6 Å². The van der Waals surface area contributed by atoms with Crippen LogP contribution < -0.4 is 0 Å². The Morgan fingerprint density at radius 2 is 1.90 bits per heavy atom. The smallest absolute Gasteiger partial charge is 0.284 e. The molecule has 0 bridgehead atoms. The fraction of sp³-hybridized carbons (Fsp3) is 0.0952. The van der Waals surface area contributed by atoms with Crippen molar-refractivity contribution in [1.82, 2.24) is 25.4 Å².